The number of fused-ring (bicyclic) bond motifs is 1. The summed E-state index contributed by atoms with van der Waals surface area (Å²) in [5, 5.41) is 2.72. The lowest BCUT2D eigenvalue weighted by Crippen LogP contribution is -3.00. The number of thiazole rings is 1. The molecule has 2 aromatic heterocycles. The lowest BCUT2D eigenvalue weighted by Gasteiger charge is -2.23. The highest BCUT2D eigenvalue weighted by molar-refractivity contribution is 7.22. The van der Waals surface area contributed by atoms with Crippen molar-refractivity contribution in [2.24, 2.45) is 0 Å². The molecule has 3 aromatic rings. The molecule has 0 radical (unpaired) electrons. The maximum Gasteiger partial charge on any atom is 0.252 e. The van der Waals surface area contributed by atoms with Crippen LogP contribution < -0.4 is 22.0 Å². The number of halogens is 1. The number of amides is 1. The van der Waals surface area contributed by atoms with Gasteiger partial charge in [-0.15, -0.1) is 11.3 Å². The van der Waals surface area contributed by atoms with E-state index in [2.05, 4.69) is 18.7 Å². The molecule has 29 heavy (non-hydrogen) atoms. The van der Waals surface area contributed by atoms with Gasteiger partial charge >= 0.3 is 0 Å². The molecule has 0 fully saturated rings. The van der Waals surface area contributed by atoms with Gasteiger partial charge in [-0.05, 0) is 48.8 Å². The first kappa shape index (κ1) is 23.3. The highest BCUT2D eigenvalue weighted by Crippen LogP contribution is 2.31. The van der Waals surface area contributed by atoms with Gasteiger partial charge in [-0.3, -0.25) is 9.69 Å². The molecule has 0 bridgehead atoms. The molecule has 0 unspecified atom stereocenters. The Kier molecular flexibility index (Phi) is 9.10. The number of methoxy groups -OCH3 is 1. The first-order valence-corrected chi connectivity index (χ1v) is 11.0. The maximum atomic E-state index is 13.0. The smallest absolute Gasteiger partial charge is 0.252 e. The van der Waals surface area contributed by atoms with Crippen LogP contribution in [0, 0.1) is 0 Å². The average Bonchev–Trinajstić information content (AvgIpc) is 3.38. The van der Waals surface area contributed by atoms with E-state index in [0.29, 0.717) is 6.54 Å². The van der Waals surface area contributed by atoms with E-state index in [0.717, 1.165) is 45.6 Å². The molecule has 0 aliphatic carbocycles. The first-order valence-electron chi connectivity index (χ1n) is 9.34. The van der Waals surface area contributed by atoms with E-state index in [-0.39, 0.29) is 18.3 Å². The Balaban J connectivity index is 0.00000300. The fourth-order valence-corrected chi connectivity index (χ4v) is 4.49. The van der Waals surface area contributed by atoms with E-state index in [4.69, 9.17) is 9.72 Å². The number of hydrogen-bond acceptors (Lipinski definition) is 6. The summed E-state index contributed by atoms with van der Waals surface area (Å²) in [5.41, 5.74) is 0.878. The van der Waals surface area contributed by atoms with E-state index in [1.165, 1.54) is 11.3 Å². The minimum Gasteiger partial charge on any atom is -1.00 e. The molecule has 5 nitrogen and oxygen atoms in total. The molecule has 3 rings (SSSR count). The number of benzene rings is 1. The summed E-state index contributed by atoms with van der Waals surface area (Å²) in [6.45, 7) is 7.60. The van der Waals surface area contributed by atoms with Gasteiger partial charge in [0.15, 0.2) is 5.13 Å². The number of ether oxygens (including phenoxy) is 1. The standard InChI is InChI=1S/C21H25N3O2S2.ClH/c1-4-23(5-2)12-13-24(20(25)11-9-17-7-6-14-27-17)21-22-18-10-8-16(26-3)15-19(18)28-21;/h6-11,14-15H,4-5,12-13H2,1-3H3;1H/p-1/b11-9+;. The molecule has 1 aromatic carbocycles. The molecule has 0 aliphatic heterocycles. The lowest BCUT2D eigenvalue weighted by atomic mass is 10.3. The van der Waals surface area contributed by atoms with Crippen molar-refractivity contribution < 1.29 is 21.9 Å². The summed E-state index contributed by atoms with van der Waals surface area (Å²) >= 11 is 3.13. The molecule has 0 spiro atoms. The molecule has 0 saturated heterocycles. The second-order valence-electron chi connectivity index (χ2n) is 6.20. The predicted octanol–water partition coefficient (Wildman–Crippen LogP) is 1.76. The molecule has 1 amide bonds. The second kappa shape index (κ2) is 11.3. The van der Waals surface area contributed by atoms with Gasteiger partial charge < -0.3 is 22.0 Å². The molecule has 156 valence electrons. The van der Waals surface area contributed by atoms with E-state index in [1.54, 1.807) is 29.4 Å². The number of likely N-dealkylation sites (N-methyl/N-ethyl adjacent to an activating group) is 1. The molecule has 0 saturated carbocycles. The van der Waals surface area contributed by atoms with E-state index in [9.17, 15) is 4.79 Å². The van der Waals surface area contributed by atoms with Crippen LogP contribution in [0.25, 0.3) is 16.3 Å². The summed E-state index contributed by atoms with van der Waals surface area (Å²) in [4.78, 5) is 22.8. The largest absolute Gasteiger partial charge is 1.00 e. The molecular weight excluding hydrogens is 426 g/mol. The number of aromatic nitrogens is 1. The summed E-state index contributed by atoms with van der Waals surface area (Å²) in [6, 6.07) is 9.77. The molecular formula is C21H25ClN3O2S2-. The van der Waals surface area contributed by atoms with Crippen molar-refractivity contribution in [1.82, 2.24) is 9.88 Å². The highest BCUT2D eigenvalue weighted by Gasteiger charge is 2.19. The van der Waals surface area contributed by atoms with Crippen molar-refractivity contribution in [2.45, 2.75) is 13.8 Å². The third-order valence-electron chi connectivity index (χ3n) is 4.55. The van der Waals surface area contributed by atoms with Crippen LogP contribution >= 0.6 is 22.7 Å². The normalized spacial score (nSPS) is 11.2. The third kappa shape index (κ3) is 6.02. The van der Waals surface area contributed by atoms with Gasteiger partial charge in [-0.2, -0.15) is 0 Å². The van der Waals surface area contributed by atoms with Crippen molar-refractivity contribution >= 4 is 50.0 Å². The van der Waals surface area contributed by atoms with Crippen LogP contribution in [0.15, 0.2) is 41.8 Å². The SMILES string of the molecule is CCN(CC)CCN(C(=O)/C=C/c1cccs1)c1nc2ccc(OC)cc2s1.[Cl-]. The van der Waals surface area contributed by atoms with Crippen LogP contribution in [0.1, 0.15) is 18.7 Å². The number of rotatable bonds is 9. The van der Waals surface area contributed by atoms with Crippen LogP contribution in [0.4, 0.5) is 5.13 Å². The number of hydrogen-bond donors (Lipinski definition) is 0. The number of carbonyl (C=O) groups is 1. The van der Waals surface area contributed by atoms with Gasteiger partial charge in [-0.25, -0.2) is 4.98 Å². The quantitative estimate of drug-likeness (QED) is 0.466. The van der Waals surface area contributed by atoms with Crippen molar-refractivity contribution in [1.29, 1.82) is 0 Å². The Morgan fingerprint density at radius 1 is 1.21 bits per heavy atom. The molecule has 0 aliphatic rings. The van der Waals surface area contributed by atoms with Gasteiger partial charge in [0.25, 0.3) is 5.91 Å². The van der Waals surface area contributed by atoms with Gasteiger partial charge in [0.1, 0.15) is 5.75 Å². The second-order valence-corrected chi connectivity index (χ2v) is 8.18. The molecule has 0 atom stereocenters. The van der Waals surface area contributed by atoms with Crippen LogP contribution in [-0.4, -0.2) is 49.1 Å². The fraction of sp³-hybridized carbons (Fsp3) is 0.333. The van der Waals surface area contributed by atoms with E-state index < -0.39 is 0 Å². The Morgan fingerprint density at radius 2 is 2.00 bits per heavy atom. The number of nitrogens with zero attached hydrogens (tertiary/aromatic N) is 3. The van der Waals surface area contributed by atoms with Crippen molar-refractivity contribution in [3.8, 4) is 5.75 Å². The zero-order valence-electron chi connectivity index (χ0n) is 16.8. The number of thiophene rings is 1. The summed E-state index contributed by atoms with van der Waals surface area (Å²) in [6.07, 6.45) is 3.51. The van der Waals surface area contributed by atoms with Gasteiger partial charge in [0.05, 0.1) is 17.3 Å². The zero-order chi connectivity index (χ0) is 19.9. The van der Waals surface area contributed by atoms with Gasteiger partial charge in [-0.1, -0.05) is 31.3 Å². The Hall–Kier alpha value is -1.93. The minimum atomic E-state index is -0.0495. The Morgan fingerprint density at radius 3 is 2.66 bits per heavy atom. The monoisotopic (exact) mass is 450 g/mol. The Bertz CT molecular complexity index is 937. The van der Waals surface area contributed by atoms with Crippen LogP contribution in [0.2, 0.25) is 0 Å². The van der Waals surface area contributed by atoms with Crippen LogP contribution in [0.5, 0.6) is 5.75 Å². The van der Waals surface area contributed by atoms with Gasteiger partial charge in [0.2, 0.25) is 0 Å². The highest BCUT2D eigenvalue weighted by atomic mass is 35.5. The van der Waals surface area contributed by atoms with Crippen molar-refractivity contribution in [2.75, 3.05) is 38.2 Å². The molecule has 0 N–H and O–H groups in total. The first-order chi connectivity index (χ1) is 13.6. The molecule has 8 heteroatoms. The third-order valence-corrected chi connectivity index (χ3v) is 6.43. The van der Waals surface area contributed by atoms with Crippen LogP contribution in [-0.2, 0) is 4.79 Å². The van der Waals surface area contributed by atoms with Gasteiger partial charge in [0, 0.05) is 24.0 Å². The average molecular weight is 451 g/mol. The lowest BCUT2D eigenvalue weighted by molar-refractivity contribution is -0.114. The molecule has 2 heterocycles. The number of anilines is 1. The van der Waals surface area contributed by atoms with E-state index >= 15 is 0 Å². The Labute approximate surface area is 186 Å². The number of carbonyl (C=O) groups excluding carboxylic acids is 1. The van der Waals surface area contributed by atoms with Crippen molar-refractivity contribution in [3.63, 3.8) is 0 Å². The van der Waals surface area contributed by atoms with Crippen molar-refractivity contribution in [3.05, 3.63) is 46.7 Å². The van der Waals surface area contributed by atoms with Crippen LogP contribution in [0.3, 0.4) is 0 Å². The fourth-order valence-electron chi connectivity index (χ4n) is 2.85. The summed E-state index contributed by atoms with van der Waals surface area (Å²) < 4.78 is 6.32. The zero-order valence-corrected chi connectivity index (χ0v) is 19.2. The minimum absolute atomic E-state index is 0. The van der Waals surface area contributed by atoms with E-state index in [1.807, 2.05) is 41.8 Å². The topological polar surface area (TPSA) is 45.7 Å². The maximum absolute atomic E-state index is 13.0. The predicted molar refractivity (Wildman–Crippen MR) is 120 cm³/mol. The summed E-state index contributed by atoms with van der Waals surface area (Å²) in [7, 11) is 1.65. The summed E-state index contributed by atoms with van der Waals surface area (Å²) in [5.74, 6) is 0.743.